The number of carbonyl (C=O) groups is 2. The quantitative estimate of drug-likeness (QED) is 0.686. The molecule has 1 fully saturated rings. The normalized spacial score (nSPS) is 15.9. The summed E-state index contributed by atoms with van der Waals surface area (Å²) in [6.07, 6.45) is 3.69. The first-order chi connectivity index (χ1) is 13.5. The summed E-state index contributed by atoms with van der Waals surface area (Å²) >= 11 is 1.27. The molecule has 1 aromatic heterocycles. The van der Waals surface area contributed by atoms with Gasteiger partial charge in [-0.2, -0.15) is 0 Å². The fourth-order valence-electron chi connectivity index (χ4n) is 3.20. The number of nitrogens with two attached hydrogens (primary N) is 1. The standard InChI is InChI=1S/C19H26N6O2S/c1-14(17(26)21-18(20)27)28-19-23-22-16(13-24-10-6-3-7-11-24)25(19)12-15-8-4-2-5-9-15/h2,4-5,8-9,14H,3,6-7,10-13H2,1H3,(H3,20,21,26,27). The maximum atomic E-state index is 12.1. The van der Waals surface area contributed by atoms with E-state index in [9.17, 15) is 9.59 Å². The maximum Gasteiger partial charge on any atom is 0.318 e. The molecule has 150 valence electrons. The van der Waals surface area contributed by atoms with Crippen LogP contribution in [0, 0.1) is 0 Å². The summed E-state index contributed by atoms with van der Waals surface area (Å²) in [6.45, 7) is 5.22. The molecule has 0 saturated carbocycles. The van der Waals surface area contributed by atoms with Gasteiger partial charge >= 0.3 is 6.03 Å². The minimum Gasteiger partial charge on any atom is -0.351 e. The van der Waals surface area contributed by atoms with Gasteiger partial charge in [-0.05, 0) is 38.4 Å². The van der Waals surface area contributed by atoms with Crippen molar-refractivity contribution in [1.29, 1.82) is 0 Å². The third-order valence-electron chi connectivity index (χ3n) is 4.69. The highest BCUT2D eigenvalue weighted by Crippen LogP contribution is 2.24. The topological polar surface area (TPSA) is 106 Å². The van der Waals surface area contributed by atoms with E-state index in [0.29, 0.717) is 11.7 Å². The van der Waals surface area contributed by atoms with Gasteiger partial charge in [-0.15, -0.1) is 10.2 Å². The molecule has 28 heavy (non-hydrogen) atoms. The highest BCUT2D eigenvalue weighted by molar-refractivity contribution is 8.00. The van der Waals surface area contributed by atoms with E-state index in [4.69, 9.17) is 5.73 Å². The van der Waals surface area contributed by atoms with Crippen molar-refractivity contribution in [3.63, 3.8) is 0 Å². The van der Waals surface area contributed by atoms with E-state index >= 15 is 0 Å². The predicted molar refractivity (Wildman–Crippen MR) is 108 cm³/mol. The van der Waals surface area contributed by atoms with Crippen LogP contribution >= 0.6 is 11.8 Å². The van der Waals surface area contributed by atoms with Gasteiger partial charge in [-0.1, -0.05) is 48.5 Å². The molecule has 1 saturated heterocycles. The van der Waals surface area contributed by atoms with Crippen LogP contribution < -0.4 is 11.1 Å². The number of carbonyl (C=O) groups excluding carboxylic acids is 2. The number of benzene rings is 1. The second-order valence-electron chi connectivity index (χ2n) is 6.92. The summed E-state index contributed by atoms with van der Waals surface area (Å²) in [7, 11) is 0. The van der Waals surface area contributed by atoms with Crippen LogP contribution in [0.15, 0.2) is 35.5 Å². The molecule has 2 heterocycles. The van der Waals surface area contributed by atoms with Gasteiger partial charge in [0.05, 0.1) is 18.3 Å². The summed E-state index contributed by atoms with van der Waals surface area (Å²) in [5.74, 6) is 0.445. The first-order valence-corrected chi connectivity index (χ1v) is 10.4. The summed E-state index contributed by atoms with van der Waals surface area (Å²) in [5.41, 5.74) is 6.18. The van der Waals surface area contributed by atoms with Crippen molar-refractivity contribution in [2.45, 2.75) is 49.7 Å². The predicted octanol–water partition coefficient (Wildman–Crippen LogP) is 1.99. The number of aromatic nitrogens is 3. The van der Waals surface area contributed by atoms with E-state index in [1.54, 1.807) is 6.92 Å². The SMILES string of the molecule is CC(Sc1nnc(CN2CCCCC2)n1Cc1ccccc1)C(=O)NC(N)=O. The number of piperidine rings is 1. The molecule has 1 aliphatic rings. The van der Waals surface area contributed by atoms with Gasteiger partial charge in [-0.3, -0.25) is 15.0 Å². The monoisotopic (exact) mass is 402 g/mol. The lowest BCUT2D eigenvalue weighted by atomic mass is 10.1. The zero-order chi connectivity index (χ0) is 19.9. The Bertz CT molecular complexity index is 804. The zero-order valence-corrected chi connectivity index (χ0v) is 16.8. The van der Waals surface area contributed by atoms with Crippen molar-refractivity contribution in [2.24, 2.45) is 5.73 Å². The highest BCUT2D eigenvalue weighted by Gasteiger charge is 2.22. The van der Waals surface area contributed by atoms with Crippen LogP contribution in [0.25, 0.3) is 0 Å². The van der Waals surface area contributed by atoms with E-state index < -0.39 is 17.2 Å². The molecule has 3 rings (SSSR count). The Hall–Kier alpha value is -2.39. The van der Waals surface area contributed by atoms with Gasteiger partial charge in [0.25, 0.3) is 0 Å². The van der Waals surface area contributed by atoms with Crippen LogP contribution in [0.5, 0.6) is 0 Å². The third kappa shape index (κ3) is 5.56. The summed E-state index contributed by atoms with van der Waals surface area (Å²) in [5, 5.41) is 11.0. The average Bonchev–Trinajstić information content (AvgIpc) is 3.04. The van der Waals surface area contributed by atoms with Gasteiger partial charge < -0.3 is 10.3 Å². The second kappa shape index (κ2) is 9.70. The van der Waals surface area contributed by atoms with Crippen LogP contribution in [0.4, 0.5) is 4.79 Å². The lowest BCUT2D eigenvalue weighted by Crippen LogP contribution is -2.39. The molecule has 0 radical (unpaired) electrons. The van der Waals surface area contributed by atoms with E-state index in [1.807, 2.05) is 18.2 Å². The molecule has 1 aromatic carbocycles. The summed E-state index contributed by atoms with van der Waals surface area (Å²) in [6, 6.07) is 9.24. The van der Waals surface area contributed by atoms with E-state index in [-0.39, 0.29) is 0 Å². The van der Waals surface area contributed by atoms with Crippen molar-refractivity contribution < 1.29 is 9.59 Å². The van der Waals surface area contributed by atoms with Crippen LogP contribution in [0.1, 0.15) is 37.6 Å². The Labute approximate surface area is 168 Å². The molecular formula is C19H26N6O2S. The first-order valence-electron chi connectivity index (χ1n) is 9.48. The van der Waals surface area contributed by atoms with Gasteiger partial charge in [-0.25, -0.2) is 4.79 Å². The molecule has 3 N–H and O–H groups in total. The molecule has 0 spiro atoms. The Morgan fingerprint density at radius 2 is 1.86 bits per heavy atom. The molecule has 0 aliphatic carbocycles. The van der Waals surface area contributed by atoms with Crippen molar-refractivity contribution >= 4 is 23.7 Å². The Morgan fingerprint density at radius 3 is 2.54 bits per heavy atom. The van der Waals surface area contributed by atoms with Crippen LogP contribution in [-0.4, -0.2) is 49.9 Å². The number of nitrogens with zero attached hydrogens (tertiary/aromatic N) is 4. The van der Waals surface area contributed by atoms with E-state index in [1.165, 1.54) is 31.0 Å². The van der Waals surface area contributed by atoms with Gasteiger partial charge in [0, 0.05) is 0 Å². The van der Waals surface area contributed by atoms with Crippen LogP contribution in [0.3, 0.4) is 0 Å². The van der Waals surface area contributed by atoms with E-state index in [2.05, 4.69) is 37.1 Å². The van der Waals surface area contributed by atoms with Crippen LogP contribution in [-0.2, 0) is 17.9 Å². The maximum absolute atomic E-state index is 12.1. The average molecular weight is 403 g/mol. The largest absolute Gasteiger partial charge is 0.351 e. The number of primary amides is 1. The Balaban J connectivity index is 1.79. The molecule has 1 atom stereocenters. The van der Waals surface area contributed by atoms with Crippen molar-refractivity contribution in [2.75, 3.05) is 13.1 Å². The minimum atomic E-state index is -0.853. The highest BCUT2D eigenvalue weighted by atomic mass is 32.2. The Morgan fingerprint density at radius 1 is 1.14 bits per heavy atom. The first kappa shape index (κ1) is 20.3. The van der Waals surface area contributed by atoms with Gasteiger partial charge in [0.2, 0.25) is 5.91 Å². The fourth-order valence-corrected chi connectivity index (χ4v) is 4.07. The number of rotatable bonds is 7. The van der Waals surface area contributed by atoms with Crippen molar-refractivity contribution in [3.8, 4) is 0 Å². The molecule has 1 aliphatic heterocycles. The lowest BCUT2D eigenvalue weighted by molar-refractivity contribution is -0.119. The number of thioether (sulfide) groups is 1. The summed E-state index contributed by atoms with van der Waals surface area (Å²) < 4.78 is 2.06. The third-order valence-corrected chi connectivity index (χ3v) is 5.77. The molecule has 9 heteroatoms. The molecule has 3 amide bonds. The van der Waals surface area contributed by atoms with E-state index in [0.717, 1.165) is 31.0 Å². The Kier molecular flexibility index (Phi) is 7.05. The van der Waals surface area contributed by atoms with Crippen molar-refractivity contribution in [3.05, 3.63) is 41.7 Å². The summed E-state index contributed by atoms with van der Waals surface area (Å²) in [4.78, 5) is 25.4. The molecule has 1 unspecified atom stereocenters. The number of nitrogens with one attached hydrogen (secondary N) is 1. The molecule has 2 aromatic rings. The smallest absolute Gasteiger partial charge is 0.318 e. The lowest BCUT2D eigenvalue weighted by Gasteiger charge is -2.26. The number of amides is 3. The zero-order valence-electron chi connectivity index (χ0n) is 16.0. The second-order valence-corrected chi connectivity index (χ2v) is 8.23. The number of imide groups is 1. The van der Waals surface area contributed by atoms with Gasteiger partial charge in [0.1, 0.15) is 5.82 Å². The van der Waals surface area contributed by atoms with Crippen LogP contribution in [0.2, 0.25) is 0 Å². The number of urea groups is 1. The van der Waals surface area contributed by atoms with Gasteiger partial charge in [0.15, 0.2) is 5.16 Å². The fraction of sp³-hybridized carbons (Fsp3) is 0.474. The molecule has 0 bridgehead atoms. The minimum absolute atomic E-state index is 0.440. The molecular weight excluding hydrogens is 376 g/mol. The number of hydrogen-bond acceptors (Lipinski definition) is 6. The molecule has 8 nitrogen and oxygen atoms in total. The number of likely N-dealkylation sites (tertiary alicyclic amines) is 1. The number of hydrogen-bond donors (Lipinski definition) is 2. The van der Waals surface area contributed by atoms with Crippen molar-refractivity contribution in [1.82, 2.24) is 25.0 Å².